The summed E-state index contributed by atoms with van der Waals surface area (Å²) in [7, 11) is -0.929. The van der Waals surface area contributed by atoms with E-state index in [9.17, 15) is 18.0 Å². The van der Waals surface area contributed by atoms with Crippen LogP contribution in [0, 0.1) is 13.8 Å². The zero-order valence-electron chi connectivity index (χ0n) is 19.3. The van der Waals surface area contributed by atoms with Crippen LogP contribution >= 0.6 is 0 Å². The van der Waals surface area contributed by atoms with Gasteiger partial charge in [-0.2, -0.15) is 0 Å². The number of anilines is 3. The molecule has 3 aromatic heterocycles. The maximum atomic E-state index is 12.9. The first-order valence-corrected chi connectivity index (χ1v) is 11.9. The minimum absolute atomic E-state index is 0.0279. The van der Waals surface area contributed by atoms with Crippen molar-refractivity contribution < 1.29 is 12.9 Å². The van der Waals surface area contributed by atoms with Crippen LogP contribution in [0.25, 0.3) is 11.0 Å². The molecular formula is C22H24N6O5S. The van der Waals surface area contributed by atoms with Crippen molar-refractivity contribution in [1.82, 2.24) is 19.3 Å². The molecule has 12 heteroatoms. The van der Waals surface area contributed by atoms with Gasteiger partial charge in [0, 0.05) is 31.5 Å². The lowest BCUT2D eigenvalue weighted by Gasteiger charge is -2.16. The summed E-state index contributed by atoms with van der Waals surface area (Å²) < 4.78 is 35.3. The van der Waals surface area contributed by atoms with Gasteiger partial charge in [-0.25, -0.2) is 22.9 Å². The Bertz CT molecular complexity index is 1630. The van der Waals surface area contributed by atoms with Gasteiger partial charge in [-0.3, -0.25) is 13.9 Å². The van der Waals surface area contributed by atoms with Crippen molar-refractivity contribution in [2.75, 3.05) is 10.0 Å². The Hall–Kier alpha value is -3.93. The summed E-state index contributed by atoms with van der Waals surface area (Å²) in [6.45, 7) is 5.35. The van der Waals surface area contributed by atoms with Gasteiger partial charge >= 0.3 is 5.69 Å². The Morgan fingerprint density at radius 3 is 2.32 bits per heavy atom. The molecule has 1 aromatic carbocycles. The predicted molar refractivity (Wildman–Crippen MR) is 128 cm³/mol. The van der Waals surface area contributed by atoms with Crippen molar-refractivity contribution in [1.29, 1.82) is 0 Å². The van der Waals surface area contributed by atoms with Gasteiger partial charge in [0.15, 0.2) is 5.65 Å². The first-order chi connectivity index (χ1) is 16.0. The molecule has 0 unspecified atom stereocenters. The summed E-state index contributed by atoms with van der Waals surface area (Å²) in [4.78, 5) is 29.6. The molecule has 34 heavy (non-hydrogen) atoms. The van der Waals surface area contributed by atoms with Gasteiger partial charge in [0.1, 0.15) is 5.39 Å². The minimum atomic E-state index is -3.90. The van der Waals surface area contributed by atoms with Crippen LogP contribution in [0.15, 0.2) is 49.5 Å². The van der Waals surface area contributed by atoms with Gasteiger partial charge in [-0.15, -0.1) is 0 Å². The fourth-order valence-electron chi connectivity index (χ4n) is 3.53. The van der Waals surface area contributed by atoms with Crippen LogP contribution < -0.4 is 21.3 Å². The highest BCUT2D eigenvalue weighted by atomic mass is 32.2. The average molecular weight is 485 g/mol. The summed E-state index contributed by atoms with van der Waals surface area (Å²) in [5, 5.41) is 7.24. The van der Waals surface area contributed by atoms with Crippen molar-refractivity contribution in [3.63, 3.8) is 0 Å². The normalized spacial score (nSPS) is 11.7. The highest BCUT2D eigenvalue weighted by molar-refractivity contribution is 7.92. The molecule has 0 saturated carbocycles. The number of nitrogens with zero attached hydrogens (tertiary/aromatic N) is 4. The molecule has 3 heterocycles. The summed E-state index contributed by atoms with van der Waals surface area (Å²) in [5.41, 5.74) is 2.37. The summed E-state index contributed by atoms with van der Waals surface area (Å²) in [5.74, 6) is 0.0667. The second-order valence-electron chi connectivity index (χ2n) is 7.89. The molecule has 0 aliphatic heterocycles. The molecule has 178 valence electrons. The standard InChI is InChI=1S/C22H24N6O5S/c1-6-14-11-23-19-17(21(29)28(5)22(30)27(19)4)18(14)24-15-7-9-16(10-8-15)34(31,32)26-20-12(2)13(3)25-33-20/h7-11,26H,6H2,1-5H3,(H,23,24). The molecule has 0 spiro atoms. The molecule has 0 aliphatic carbocycles. The van der Waals surface area contributed by atoms with Gasteiger partial charge in [-0.1, -0.05) is 12.1 Å². The van der Waals surface area contributed by atoms with Gasteiger partial charge in [0.2, 0.25) is 5.88 Å². The number of hydrogen-bond acceptors (Lipinski definition) is 8. The highest BCUT2D eigenvalue weighted by Gasteiger charge is 2.20. The maximum Gasteiger partial charge on any atom is 0.332 e. The highest BCUT2D eigenvalue weighted by Crippen LogP contribution is 2.28. The van der Waals surface area contributed by atoms with E-state index in [-0.39, 0.29) is 21.8 Å². The fourth-order valence-corrected chi connectivity index (χ4v) is 4.58. The lowest BCUT2D eigenvalue weighted by Crippen LogP contribution is -2.37. The molecule has 0 radical (unpaired) electrons. The molecule has 0 amide bonds. The Morgan fingerprint density at radius 2 is 1.74 bits per heavy atom. The van der Waals surface area contributed by atoms with E-state index >= 15 is 0 Å². The van der Waals surface area contributed by atoms with E-state index in [1.165, 1.54) is 23.7 Å². The molecule has 4 rings (SSSR count). The third-order valence-corrected chi connectivity index (χ3v) is 7.09. The van der Waals surface area contributed by atoms with E-state index in [0.29, 0.717) is 29.1 Å². The lowest BCUT2D eigenvalue weighted by molar-refractivity contribution is 0.430. The molecule has 0 atom stereocenters. The SMILES string of the molecule is CCc1cnc2c(c1Nc1ccc(S(=O)(=O)Nc3onc(C)c3C)cc1)c(=O)n(C)c(=O)n2C. The molecule has 2 N–H and O–H groups in total. The van der Waals surface area contributed by atoms with E-state index in [0.717, 1.165) is 10.1 Å². The monoisotopic (exact) mass is 484 g/mol. The van der Waals surface area contributed by atoms with Crippen molar-refractivity contribution in [2.24, 2.45) is 14.1 Å². The number of nitrogens with one attached hydrogen (secondary N) is 2. The number of benzene rings is 1. The number of fused-ring (bicyclic) bond motifs is 1. The minimum Gasteiger partial charge on any atom is -0.354 e. The van der Waals surface area contributed by atoms with Crippen molar-refractivity contribution in [3.8, 4) is 0 Å². The summed E-state index contributed by atoms with van der Waals surface area (Å²) in [6, 6.07) is 6.05. The second-order valence-corrected chi connectivity index (χ2v) is 9.58. The van der Waals surface area contributed by atoms with Crippen molar-refractivity contribution >= 4 is 38.3 Å². The Morgan fingerprint density at radius 1 is 1.06 bits per heavy atom. The number of sulfonamides is 1. The van der Waals surface area contributed by atoms with Gasteiger partial charge < -0.3 is 9.84 Å². The third-order valence-electron chi connectivity index (χ3n) is 5.75. The lowest BCUT2D eigenvalue weighted by atomic mass is 10.1. The Balaban J connectivity index is 1.73. The third kappa shape index (κ3) is 3.85. The zero-order chi connectivity index (χ0) is 24.8. The Labute approximate surface area is 195 Å². The van der Waals surface area contributed by atoms with Gasteiger partial charge in [0.05, 0.1) is 16.3 Å². The molecular weight excluding hydrogens is 460 g/mol. The predicted octanol–water partition coefficient (Wildman–Crippen LogP) is 2.34. The van der Waals surface area contributed by atoms with E-state index in [4.69, 9.17) is 4.52 Å². The molecule has 0 aliphatic rings. The second kappa shape index (κ2) is 8.45. The van der Waals surface area contributed by atoms with Crippen LogP contribution in [0.4, 0.5) is 17.3 Å². The smallest absolute Gasteiger partial charge is 0.332 e. The van der Waals surface area contributed by atoms with E-state index in [1.54, 1.807) is 39.2 Å². The van der Waals surface area contributed by atoms with Crippen LogP contribution in [-0.4, -0.2) is 27.7 Å². The van der Waals surface area contributed by atoms with Crippen molar-refractivity contribution in [2.45, 2.75) is 32.1 Å². The molecule has 11 nitrogen and oxygen atoms in total. The van der Waals surface area contributed by atoms with E-state index < -0.39 is 21.3 Å². The van der Waals surface area contributed by atoms with Crippen molar-refractivity contribution in [3.05, 3.63) is 68.1 Å². The molecule has 0 bridgehead atoms. The first-order valence-electron chi connectivity index (χ1n) is 10.5. The van der Waals surface area contributed by atoms with Gasteiger partial charge in [-0.05, 0) is 50.1 Å². The quantitative estimate of drug-likeness (QED) is 0.425. The van der Waals surface area contributed by atoms with Crippen LogP contribution in [0.1, 0.15) is 23.7 Å². The summed E-state index contributed by atoms with van der Waals surface area (Å²) >= 11 is 0. The van der Waals surface area contributed by atoms with E-state index in [2.05, 4.69) is 20.2 Å². The molecule has 0 fully saturated rings. The first kappa shape index (κ1) is 23.2. The molecule has 4 aromatic rings. The van der Waals surface area contributed by atoms with Crippen LogP contribution in [0.2, 0.25) is 0 Å². The fraction of sp³-hybridized carbons (Fsp3) is 0.273. The average Bonchev–Trinajstić information content (AvgIpc) is 3.13. The van der Waals surface area contributed by atoms with Crippen LogP contribution in [-0.2, 0) is 30.5 Å². The Kier molecular flexibility index (Phi) is 5.77. The number of pyridine rings is 1. The maximum absolute atomic E-state index is 12.9. The number of hydrogen-bond donors (Lipinski definition) is 2. The van der Waals surface area contributed by atoms with E-state index in [1.807, 2.05) is 6.92 Å². The zero-order valence-corrected chi connectivity index (χ0v) is 20.1. The number of aryl methyl sites for hydroxylation is 3. The number of rotatable bonds is 6. The van der Waals surface area contributed by atoms with Gasteiger partial charge in [0.25, 0.3) is 15.6 Å². The topological polar surface area (TPSA) is 141 Å². The largest absolute Gasteiger partial charge is 0.354 e. The summed E-state index contributed by atoms with van der Waals surface area (Å²) in [6.07, 6.45) is 2.21. The van der Waals surface area contributed by atoms with Crippen LogP contribution in [0.3, 0.4) is 0 Å². The number of aromatic nitrogens is 4. The molecule has 0 saturated heterocycles. The van der Waals surface area contributed by atoms with Crippen LogP contribution in [0.5, 0.6) is 0 Å².